The lowest BCUT2D eigenvalue weighted by Crippen LogP contribution is -2.51. The zero-order valence-electron chi connectivity index (χ0n) is 17.8. The molecular weight excluding hydrogens is 442 g/mol. The van der Waals surface area contributed by atoms with Gasteiger partial charge in [-0.15, -0.1) is 0 Å². The molecular formula is C23H27Cl2FN2O3. The van der Waals surface area contributed by atoms with Crippen molar-refractivity contribution in [1.82, 2.24) is 10.2 Å². The van der Waals surface area contributed by atoms with Gasteiger partial charge in [-0.1, -0.05) is 55.2 Å². The molecule has 0 fully saturated rings. The Labute approximate surface area is 192 Å². The van der Waals surface area contributed by atoms with Gasteiger partial charge in [0.05, 0.1) is 0 Å². The van der Waals surface area contributed by atoms with E-state index in [9.17, 15) is 14.0 Å². The van der Waals surface area contributed by atoms with E-state index in [1.165, 1.54) is 23.1 Å². The molecule has 0 bridgehead atoms. The fourth-order valence-electron chi connectivity index (χ4n) is 3.00. The molecule has 0 aliphatic heterocycles. The number of hydrogen-bond acceptors (Lipinski definition) is 3. The molecule has 2 atom stereocenters. The zero-order valence-corrected chi connectivity index (χ0v) is 19.3. The third-order valence-corrected chi connectivity index (χ3v) is 5.67. The van der Waals surface area contributed by atoms with Gasteiger partial charge < -0.3 is 15.0 Å². The first-order valence-corrected chi connectivity index (χ1v) is 10.9. The highest BCUT2D eigenvalue weighted by atomic mass is 35.5. The number of hydrogen-bond donors (Lipinski definition) is 1. The minimum absolute atomic E-state index is 0.0183. The van der Waals surface area contributed by atoms with Crippen molar-refractivity contribution in [3.63, 3.8) is 0 Å². The van der Waals surface area contributed by atoms with Gasteiger partial charge in [-0.05, 0) is 44.0 Å². The van der Waals surface area contributed by atoms with Crippen LogP contribution in [-0.2, 0) is 16.1 Å². The van der Waals surface area contributed by atoms with E-state index in [-0.39, 0.29) is 24.2 Å². The summed E-state index contributed by atoms with van der Waals surface area (Å²) in [6.45, 7) is 5.25. The van der Waals surface area contributed by atoms with Crippen LogP contribution in [0, 0.1) is 5.82 Å². The van der Waals surface area contributed by atoms with Crippen LogP contribution in [0.1, 0.15) is 39.2 Å². The van der Waals surface area contributed by atoms with E-state index in [4.69, 9.17) is 27.9 Å². The van der Waals surface area contributed by atoms with Gasteiger partial charge in [-0.2, -0.15) is 0 Å². The Hall–Kier alpha value is -2.31. The van der Waals surface area contributed by atoms with Gasteiger partial charge in [0.25, 0.3) is 5.91 Å². The second-order valence-corrected chi connectivity index (χ2v) is 8.00. The number of rotatable bonds is 10. The third-order valence-electron chi connectivity index (χ3n) is 4.96. The average molecular weight is 469 g/mol. The molecule has 5 nitrogen and oxygen atoms in total. The topological polar surface area (TPSA) is 58.6 Å². The predicted molar refractivity (Wildman–Crippen MR) is 121 cm³/mol. The molecule has 0 saturated heterocycles. The van der Waals surface area contributed by atoms with Crippen LogP contribution in [-0.4, -0.2) is 35.4 Å². The monoisotopic (exact) mass is 468 g/mol. The van der Waals surface area contributed by atoms with Crippen LogP contribution < -0.4 is 10.1 Å². The Morgan fingerprint density at radius 3 is 2.29 bits per heavy atom. The lowest BCUT2D eigenvalue weighted by molar-refractivity contribution is -0.143. The van der Waals surface area contributed by atoms with Crippen LogP contribution in [0.15, 0.2) is 42.5 Å². The standard InChI is InChI=1S/C23H27Cl2FN2O3/c1-4-15(3)27-23(30)20(5-2)28(13-16-17(24)9-8-10-18(16)25)22(29)14-31-21-12-7-6-11-19(21)26/h6-12,15,20H,4-5,13-14H2,1-3H3,(H,27,30)/t15-,20+/m0/s1. The highest BCUT2D eigenvalue weighted by Crippen LogP contribution is 2.27. The van der Waals surface area contributed by atoms with Crippen molar-refractivity contribution in [1.29, 1.82) is 0 Å². The zero-order chi connectivity index (χ0) is 23.0. The maximum Gasteiger partial charge on any atom is 0.261 e. The van der Waals surface area contributed by atoms with Crippen molar-refractivity contribution >= 4 is 35.0 Å². The summed E-state index contributed by atoms with van der Waals surface area (Å²) in [5, 5.41) is 3.69. The van der Waals surface area contributed by atoms with Crippen LogP contribution in [0.4, 0.5) is 4.39 Å². The SMILES string of the molecule is CC[C@H](C(=O)N[C@@H](C)CC)N(Cc1c(Cl)cccc1Cl)C(=O)COc1ccccc1F. The van der Waals surface area contributed by atoms with Crippen LogP contribution in [0.5, 0.6) is 5.75 Å². The van der Waals surface area contributed by atoms with Crippen molar-refractivity contribution in [2.75, 3.05) is 6.61 Å². The largest absolute Gasteiger partial charge is 0.481 e. The van der Waals surface area contributed by atoms with Crippen molar-refractivity contribution in [2.24, 2.45) is 0 Å². The summed E-state index contributed by atoms with van der Waals surface area (Å²) in [6, 6.07) is 10.0. The first-order valence-electron chi connectivity index (χ1n) is 10.2. The number of carbonyl (C=O) groups excluding carboxylic acids is 2. The van der Waals surface area contributed by atoms with Crippen LogP contribution in [0.25, 0.3) is 0 Å². The Balaban J connectivity index is 2.30. The van der Waals surface area contributed by atoms with E-state index < -0.39 is 24.4 Å². The molecule has 2 aromatic rings. The first-order chi connectivity index (χ1) is 14.8. The Kier molecular flexibility index (Phi) is 9.59. The molecule has 2 amide bonds. The lowest BCUT2D eigenvalue weighted by atomic mass is 10.1. The molecule has 31 heavy (non-hydrogen) atoms. The number of halogens is 3. The van der Waals surface area contributed by atoms with E-state index in [2.05, 4.69) is 5.32 Å². The molecule has 0 unspecified atom stereocenters. The smallest absolute Gasteiger partial charge is 0.261 e. The second kappa shape index (κ2) is 11.9. The number of amides is 2. The van der Waals surface area contributed by atoms with Gasteiger partial charge in [0, 0.05) is 28.2 Å². The quantitative estimate of drug-likeness (QED) is 0.518. The maximum atomic E-state index is 13.9. The number of carbonyl (C=O) groups is 2. The normalized spacial score (nSPS) is 12.7. The van der Waals surface area contributed by atoms with Gasteiger partial charge in [0.1, 0.15) is 6.04 Å². The van der Waals surface area contributed by atoms with E-state index in [0.717, 1.165) is 6.42 Å². The van der Waals surface area contributed by atoms with Gasteiger partial charge in [-0.3, -0.25) is 9.59 Å². The molecule has 0 spiro atoms. The van der Waals surface area contributed by atoms with E-state index in [0.29, 0.717) is 22.0 Å². The second-order valence-electron chi connectivity index (χ2n) is 7.18. The highest BCUT2D eigenvalue weighted by Gasteiger charge is 2.30. The lowest BCUT2D eigenvalue weighted by Gasteiger charge is -2.31. The van der Waals surface area contributed by atoms with Gasteiger partial charge >= 0.3 is 0 Å². The Bertz CT molecular complexity index is 890. The molecule has 2 aromatic carbocycles. The molecule has 0 aromatic heterocycles. The molecule has 8 heteroatoms. The third kappa shape index (κ3) is 6.84. The summed E-state index contributed by atoms with van der Waals surface area (Å²) in [6.07, 6.45) is 1.12. The number of ether oxygens (including phenoxy) is 1. The van der Waals surface area contributed by atoms with Crippen molar-refractivity contribution in [2.45, 2.75) is 52.2 Å². The van der Waals surface area contributed by atoms with E-state index in [1.54, 1.807) is 24.3 Å². The van der Waals surface area contributed by atoms with E-state index in [1.807, 2.05) is 20.8 Å². The van der Waals surface area contributed by atoms with Crippen molar-refractivity contribution < 1.29 is 18.7 Å². The van der Waals surface area contributed by atoms with Crippen LogP contribution in [0.3, 0.4) is 0 Å². The molecule has 168 valence electrons. The Morgan fingerprint density at radius 2 is 1.71 bits per heavy atom. The highest BCUT2D eigenvalue weighted by molar-refractivity contribution is 6.36. The van der Waals surface area contributed by atoms with Gasteiger partial charge in [0.2, 0.25) is 5.91 Å². The average Bonchev–Trinajstić information content (AvgIpc) is 2.74. The summed E-state index contributed by atoms with van der Waals surface area (Å²) in [7, 11) is 0. The van der Waals surface area contributed by atoms with Crippen molar-refractivity contribution in [3.05, 3.63) is 63.9 Å². The van der Waals surface area contributed by atoms with Crippen LogP contribution >= 0.6 is 23.2 Å². The first kappa shape index (κ1) is 25.0. The number of para-hydroxylation sites is 1. The maximum absolute atomic E-state index is 13.9. The fraction of sp³-hybridized carbons (Fsp3) is 0.391. The summed E-state index contributed by atoms with van der Waals surface area (Å²) >= 11 is 12.6. The molecule has 2 rings (SSSR count). The number of benzene rings is 2. The minimum Gasteiger partial charge on any atom is -0.481 e. The summed E-state index contributed by atoms with van der Waals surface area (Å²) in [5.74, 6) is -1.37. The number of nitrogens with zero attached hydrogens (tertiary/aromatic N) is 1. The summed E-state index contributed by atoms with van der Waals surface area (Å²) in [4.78, 5) is 27.4. The van der Waals surface area contributed by atoms with Crippen molar-refractivity contribution in [3.8, 4) is 5.75 Å². The summed E-state index contributed by atoms with van der Waals surface area (Å²) in [5.41, 5.74) is 0.528. The van der Waals surface area contributed by atoms with Crippen LogP contribution in [0.2, 0.25) is 10.0 Å². The molecule has 0 saturated carbocycles. The minimum atomic E-state index is -0.766. The summed E-state index contributed by atoms with van der Waals surface area (Å²) < 4.78 is 19.3. The molecule has 0 aliphatic carbocycles. The molecule has 1 N–H and O–H groups in total. The fourth-order valence-corrected chi connectivity index (χ4v) is 3.52. The van der Waals surface area contributed by atoms with Gasteiger partial charge in [0.15, 0.2) is 18.2 Å². The molecule has 0 heterocycles. The van der Waals surface area contributed by atoms with E-state index >= 15 is 0 Å². The molecule has 0 aliphatic rings. The molecule has 0 radical (unpaired) electrons. The predicted octanol–water partition coefficient (Wildman–Crippen LogP) is 5.23. The van der Waals surface area contributed by atoms with Gasteiger partial charge in [-0.25, -0.2) is 4.39 Å². The number of nitrogens with one attached hydrogen (secondary N) is 1. The Morgan fingerprint density at radius 1 is 1.06 bits per heavy atom.